The highest BCUT2D eigenvalue weighted by atomic mass is 27.2. The number of nitrogens with zero attached hydrogens (tertiary/aromatic N) is 4. The molecule has 174 valence electrons. The topological polar surface area (TPSA) is 13.0 Å². The van der Waals surface area contributed by atoms with Gasteiger partial charge in [-0.25, -0.2) is 0 Å². The van der Waals surface area contributed by atoms with Crippen LogP contribution in [0.25, 0.3) is 0 Å². The molecule has 0 aliphatic heterocycles. The molecule has 0 fully saturated rings. The normalized spacial score (nSPS) is 12.7. The summed E-state index contributed by atoms with van der Waals surface area (Å²) in [7, 11) is 17.8. The summed E-state index contributed by atoms with van der Waals surface area (Å²) < 4.78 is 0. The Kier molecular flexibility index (Phi) is 17.2. The molecular weight excluding hydrogens is 371 g/mol. The van der Waals surface area contributed by atoms with Gasteiger partial charge >= 0.3 is 0 Å². The van der Waals surface area contributed by atoms with Gasteiger partial charge in [0.1, 0.15) is 0 Å². The first-order valence-corrected chi connectivity index (χ1v) is 14.6. The maximum absolute atomic E-state index is 2.48. The molecule has 5 heteroatoms. The van der Waals surface area contributed by atoms with Crippen molar-refractivity contribution in [3.63, 3.8) is 0 Å². The van der Waals surface area contributed by atoms with Gasteiger partial charge in [0.25, 0.3) is 14.1 Å². The Morgan fingerprint density at radius 2 is 0.897 bits per heavy atom. The van der Waals surface area contributed by atoms with Gasteiger partial charge in [-0.2, -0.15) is 0 Å². The Morgan fingerprint density at radius 1 is 0.552 bits per heavy atom. The fourth-order valence-electron chi connectivity index (χ4n) is 4.72. The van der Waals surface area contributed by atoms with E-state index in [1.165, 1.54) is 81.7 Å². The second-order valence-corrected chi connectivity index (χ2v) is 13.9. The van der Waals surface area contributed by atoms with Crippen LogP contribution in [-0.2, 0) is 0 Å². The van der Waals surface area contributed by atoms with Crippen LogP contribution in [0.4, 0.5) is 0 Å². The van der Waals surface area contributed by atoms with E-state index >= 15 is 0 Å². The Balaban J connectivity index is 5.09. The highest BCUT2D eigenvalue weighted by molar-refractivity contribution is 6.59. The van der Waals surface area contributed by atoms with Gasteiger partial charge < -0.3 is 19.6 Å². The van der Waals surface area contributed by atoms with Crippen molar-refractivity contribution in [2.24, 2.45) is 5.41 Å². The smallest absolute Gasteiger partial charge is 0.262 e. The zero-order valence-corrected chi connectivity index (χ0v) is 22.9. The molecule has 0 radical (unpaired) electrons. The predicted octanol–water partition coefficient (Wildman–Crippen LogP) is 4.46. The van der Waals surface area contributed by atoms with Crippen LogP contribution in [0.1, 0.15) is 51.9 Å². The number of hydrogen-bond donors (Lipinski definition) is 0. The van der Waals surface area contributed by atoms with E-state index < -0.39 is 14.1 Å². The molecule has 0 spiro atoms. The molecule has 29 heavy (non-hydrogen) atoms. The van der Waals surface area contributed by atoms with Crippen molar-refractivity contribution in [2.45, 2.75) is 67.7 Å². The Bertz CT molecular complexity index is 344. The molecule has 4 nitrogen and oxygen atoms in total. The van der Waals surface area contributed by atoms with E-state index in [-0.39, 0.29) is 0 Å². The van der Waals surface area contributed by atoms with E-state index in [2.05, 4.69) is 82.9 Å². The lowest BCUT2D eigenvalue weighted by Gasteiger charge is -2.37. The van der Waals surface area contributed by atoms with Gasteiger partial charge in [-0.1, -0.05) is 42.0 Å². The average molecular weight is 427 g/mol. The summed E-state index contributed by atoms with van der Waals surface area (Å²) in [4.78, 5) is 9.46. The van der Waals surface area contributed by atoms with E-state index in [4.69, 9.17) is 0 Å². The lowest BCUT2D eigenvalue weighted by atomic mass is 9.78. The Labute approximate surface area is 189 Å². The monoisotopic (exact) mass is 426 g/mol. The van der Waals surface area contributed by atoms with Crippen molar-refractivity contribution in [1.29, 1.82) is 0 Å². The average Bonchev–Trinajstić information content (AvgIpc) is 2.59. The van der Waals surface area contributed by atoms with Crippen molar-refractivity contribution >= 4 is 14.1 Å². The minimum Gasteiger partial charge on any atom is -0.309 e. The minimum absolute atomic E-state index is 0.596. The third-order valence-corrected chi connectivity index (χ3v) is 10.4. The summed E-state index contributed by atoms with van der Waals surface area (Å²) in [5, 5.41) is 4.65. The van der Waals surface area contributed by atoms with Gasteiger partial charge in [-0.3, -0.25) is 0 Å². The molecule has 0 bridgehead atoms. The third-order valence-electron chi connectivity index (χ3n) is 6.53. The molecule has 0 heterocycles. The second kappa shape index (κ2) is 17.0. The highest BCUT2D eigenvalue weighted by Gasteiger charge is 2.33. The summed E-state index contributed by atoms with van der Waals surface area (Å²) >= 11 is -0.709. The van der Waals surface area contributed by atoms with Crippen molar-refractivity contribution in [2.75, 3.05) is 82.6 Å². The minimum atomic E-state index is -0.709. The first kappa shape index (κ1) is 29.4. The molecule has 0 atom stereocenters. The van der Waals surface area contributed by atoms with Crippen LogP contribution in [0.2, 0.25) is 15.8 Å². The van der Waals surface area contributed by atoms with Crippen LogP contribution in [0.3, 0.4) is 0 Å². The van der Waals surface area contributed by atoms with E-state index in [0.717, 1.165) is 0 Å². The maximum Gasteiger partial charge on any atom is 0.262 e. The van der Waals surface area contributed by atoms with Gasteiger partial charge in [0.2, 0.25) is 0 Å². The molecule has 0 N–H and O–H groups in total. The molecule has 0 aromatic heterocycles. The van der Waals surface area contributed by atoms with Crippen molar-refractivity contribution in [1.82, 2.24) is 19.6 Å². The molecule has 0 amide bonds. The van der Waals surface area contributed by atoms with Gasteiger partial charge in [-0.15, -0.1) is 0 Å². The van der Waals surface area contributed by atoms with Gasteiger partial charge in [-0.05, 0) is 114 Å². The molecule has 0 aliphatic rings. The third kappa shape index (κ3) is 16.7. The summed E-state index contributed by atoms with van der Waals surface area (Å²) in [5.41, 5.74) is 0.596. The molecule has 0 aromatic carbocycles. The lowest BCUT2D eigenvalue weighted by molar-refractivity contribution is 0.221. The van der Waals surface area contributed by atoms with Crippen molar-refractivity contribution < 1.29 is 0 Å². The van der Waals surface area contributed by atoms with Gasteiger partial charge in [0.15, 0.2) is 0 Å². The van der Waals surface area contributed by atoms with Crippen LogP contribution < -0.4 is 0 Å². The predicted molar refractivity (Wildman–Crippen MR) is 135 cm³/mol. The highest BCUT2D eigenvalue weighted by Crippen LogP contribution is 2.40. The summed E-state index contributed by atoms with van der Waals surface area (Å²) in [5.74, 6) is 0. The van der Waals surface area contributed by atoms with Crippen LogP contribution in [0, 0.1) is 5.41 Å². The van der Waals surface area contributed by atoms with Crippen molar-refractivity contribution in [3.8, 4) is 0 Å². The van der Waals surface area contributed by atoms with Crippen LogP contribution in [0.15, 0.2) is 0 Å². The fraction of sp³-hybridized carbons (Fsp3) is 1.00. The molecule has 0 rings (SSSR count). The summed E-state index contributed by atoms with van der Waals surface area (Å²) in [6.07, 6.45) is 9.76. The molecule has 0 saturated heterocycles. The molecule has 0 unspecified atom stereocenters. The van der Waals surface area contributed by atoms with E-state index in [0.29, 0.717) is 5.41 Å². The van der Waals surface area contributed by atoms with Gasteiger partial charge in [0, 0.05) is 0 Å². The molecule has 0 aliphatic carbocycles. The molecular formula is C24H55AlN4. The summed E-state index contributed by atoms with van der Waals surface area (Å²) in [6, 6.07) is 0. The molecule has 0 aromatic rings. The number of hydrogen-bond acceptors (Lipinski definition) is 4. The van der Waals surface area contributed by atoms with E-state index in [1.807, 2.05) is 0 Å². The maximum atomic E-state index is 2.48. The van der Waals surface area contributed by atoms with Crippen molar-refractivity contribution in [3.05, 3.63) is 0 Å². The lowest BCUT2D eigenvalue weighted by Crippen LogP contribution is -2.31. The standard InChI is InChI=1S/C14H31N2.2C5H12N.Al/c1-7-14(2,10-8-12-15(3)4)11-9-13-16(5)6;2*1-4-5-6(2)3;/h2,7-13H2,1,3-6H3;2*1,4-5H2,2-3H3;. The zero-order valence-electron chi connectivity index (χ0n) is 21.8. The van der Waals surface area contributed by atoms with Crippen LogP contribution in [0.5, 0.6) is 0 Å². The summed E-state index contributed by atoms with van der Waals surface area (Å²) in [6.45, 7) is 7.48. The fourth-order valence-corrected chi connectivity index (χ4v) is 8.86. The first-order chi connectivity index (χ1) is 13.6. The SMILES string of the molecule is CCC(CCCN(C)C)(CCCN(C)C)[CH2][Al]([CH2]CCN(C)C)[CH2]CCN(C)C. The van der Waals surface area contributed by atoms with Gasteiger partial charge in [0.05, 0.1) is 0 Å². The number of rotatable bonds is 19. The zero-order chi connectivity index (χ0) is 22.3. The van der Waals surface area contributed by atoms with Crippen LogP contribution in [-0.4, -0.2) is 116 Å². The van der Waals surface area contributed by atoms with E-state index in [1.54, 1.807) is 5.28 Å². The largest absolute Gasteiger partial charge is 0.309 e. The van der Waals surface area contributed by atoms with E-state index in [9.17, 15) is 0 Å². The Hall–Kier alpha value is 0.372. The Morgan fingerprint density at radius 3 is 1.21 bits per heavy atom. The first-order valence-electron chi connectivity index (χ1n) is 12.2. The second-order valence-electron chi connectivity index (χ2n) is 10.6. The van der Waals surface area contributed by atoms with Crippen LogP contribution >= 0.6 is 0 Å². The molecule has 0 saturated carbocycles. The quantitative estimate of drug-likeness (QED) is 0.283.